The number of benzene rings is 1. The molecular weight excluding hydrogens is 388 g/mol. The van der Waals surface area contributed by atoms with Crippen LogP contribution in [0, 0.1) is 12.3 Å². The van der Waals surface area contributed by atoms with E-state index in [4.69, 9.17) is 4.42 Å². The van der Waals surface area contributed by atoms with Crippen LogP contribution in [0.5, 0.6) is 0 Å². The van der Waals surface area contributed by atoms with Crippen LogP contribution in [0.1, 0.15) is 64.5 Å². The van der Waals surface area contributed by atoms with Crippen molar-refractivity contribution in [1.82, 2.24) is 9.80 Å². The number of carbonyl (C=O) groups is 2. The van der Waals surface area contributed by atoms with Crippen LogP contribution in [-0.2, 0) is 22.6 Å². The smallest absolute Gasteiger partial charge is 0.242 e. The van der Waals surface area contributed by atoms with Crippen LogP contribution in [0.4, 0.5) is 0 Å². The summed E-state index contributed by atoms with van der Waals surface area (Å²) in [7, 11) is 0. The highest BCUT2D eigenvalue weighted by molar-refractivity contribution is 5.85. The van der Waals surface area contributed by atoms with Crippen molar-refractivity contribution in [2.75, 3.05) is 13.1 Å². The summed E-state index contributed by atoms with van der Waals surface area (Å²) in [6.45, 7) is 13.2. The molecule has 0 unspecified atom stereocenters. The summed E-state index contributed by atoms with van der Waals surface area (Å²) in [5.74, 6) is 1.57. The monoisotopic (exact) mass is 426 g/mol. The fraction of sp³-hybridized carbons (Fsp3) is 0.538. The molecule has 0 aliphatic carbocycles. The van der Waals surface area contributed by atoms with Gasteiger partial charge in [-0.25, -0.2) is 0 Å². The highest BCUT2D eigenvalue weighted by atomic mass is 16.3. The molecule has 0 saturated heterocycles. The summed E-state index contributed by atoms with van der Waals surface area (Å²) < 4.78 is 5.73. The van der Waals surface area contributed by atoms with E-state index in [1.807, 2.05) is 76.8 Å². The average molecular weight is 427 g/mol. The summed E-state index contributed by atoms with van der Waals surface area (Å²) in [6.07, 6.45) is 1.99. The van der Waals surface area contributed by atoms with Crippen LogP contribution in [-0.4, -0.2) is 40.7 Å². The lowest BCUT2D eigenvalue weighted by molar-refractivity contribution is -0.144. The number of hydrogen-bond acceptors (Lipinski definition) is 3. The Labute approximate surface area is 187 Å². The van der Waals surface area contributed by atoms with Gasteiger partial charge in [-0.05, 0) is 49.8 Å². The van der Waals surface area contributed by atoms with Crippen LogP contribution in [0.2, 0.25) is 0 Å². The fourth-order valence-corrected chi connectivity index (χ4v) is 3.47. The Bertz CT molecular complexity index is 836. The highest BCUT2D eigenvalue weighted by Crippen LogP contribution is 2.21. The molecule has 1 aromatic heterocycles. The number of hydrogen-bond donors (Lipinski definition) is 0. The summed E-state index contributed by atoms with van der Waals surface area (Å²) in [4.78, 5) is 29.9. The Balaban J connectivity index is 2.16. The van der Waals surface area contributed by atoms with E-state index in [2.05, 4.69) is 12.1 Å². The first-order valence-corrected chi connectivity index (χ1v) is 11.3. The maximum absolute atomic E-state index is 13.4. The van der Waals surface area contributed by atoms with Crippen molar-refractivity contribution in [3.8, 4) is 0 Å². The summed E-state index contributed by atoms with van der Waals surface area (Å²) in [5.41, 5.74) is 1.06. The van der Waals surface area contributed by atoms with Crippen LogP contribution < -0.4 is 0 Å². The van der Waals surface area contributed by atoms with Gasteiger partial charge in [-0.1, -0.05) is 58.0 Å². The summed E-state index contributed by atoms with van der Waals surface area (Å²) in [6, 6.07) is 14.0. The molecule has 0 spiro atoms. The summed E-state index contributed by atoms with van der Waals surface area (Å²) in [5, 5.41) is 0. The Hall–Kier alpha value is -2.56. The Morgan fingerprint density at radius 3 is 2.26 bits per heavy atom. The molecule has 2 amide bonds. The number of rotatable bonds is 10. The number of amides is 2. The number of carbonyl (C=O) groups excluding carboxylic acids is 2. The van der Waals surface area contributed by atoms with Crippen molar-refractivity contribution < 1.29 is 14.0 Å². The lowest BCUT2D eigenvalue weighted by Gasteiger charge is -2.33. The lowest BCUT2D eigenvalue weighted by atomic mass is 9.91. The van der Waals surface area contributed by atoms with Gasteiger partial charge in [0.1, 0.15) is 18.1 Å². The number of aryl methyl sites for hydroxylation is 1. The Morgan fingerprint density at radius 2 is 1.71 bits per heavy atom. The number of nitrogens with zero attached hydrogens (tertiary/aromatic N) is 2. The molecule has 0 N–H and O–H groups in total. The largest absolute Gasteiger partial charge is 0.464 e. The van der Waals surface area contributed by atoms with E-state index in [0.717, 1.165) is 24.4 Å². The van der Waals surface area contributed by atoms with Gasteiger partial charge in [-0.3, -0.25) is 9.59 Å². The molecule has 0 aliphatic rings. The van der Waals surface area contributed by atoms with Crippen molar-refractivity contribution in [3.05, 3.63) is 59.5 Å². The van der Waals surface area contributed by atoms with Gasteiger partial charge in [0.25, 0.3) is 0 Å². The van der Waals surface area contributed by atoms with E-state index in [-0.39, 0.29) is 29.8 Å². The van der Waals surface area contributed by atoms with Gasteiger partial charge in [0.2, 0.25) is 11.8 Å². The second-order valence-corrected chi connectivity index (χ2v) is 9.58. The highest BCUT2D eigenvalue weighted by Gasteiger charge is 2.28. The van der Waals surface area contributed by atoms with Gasteiger partial charge in [-0.15, -0.1) is 0 Å². The molecular formula is C26H38N2O3. The molecule has 31 heavy (non-hydrogen) atoms. The molecule has 5 heteroatoms. The SMILES string of the molecule is CC[C@@H](C)N(CC(=O)N(CCc1ccccc1)Cc1ccc(C)o1)C(=O)CC(C)(C)C. The zero-order valence-electron chi connectivity index (χ0n) is 20.0. The zero-order valence-corrected chi connectivity index (χ0v) is 20.0. The molecule has 0 aliphatic heterocycles. The quantitative estimate of drug-likeness (QED) is 0.523. The predicted octanol–water partition coefficient (Wildman–Crippen LogP) is 5.22. The third-order valence-electron chi connectivity index (χ3n) is 5.44. The summed E-state index contributed by atoms with van der Waals surface area (Å²) >= 11 is 0. The van der Waals surface area contributed by atoms with E-state index < -0.39 is 0 Å². The van der Waals surface area contributed by atoms with Crippen molar-refractivity contribution in [2.24, 2.45) is 5.41 Å². The minimum atomic E-state index is -0.121. The molecule has 2 rings (SSSR count). The first kappa shape index (κ1) is 24.7. The maximum atomic E-state index is 13.4. The molecule has 5 nitrogen and oxygen atoms in total. The van der Waals surface area contributed by atoms with Crippen LogP contribution >= 0.6 is 0 Å². The lowest BCUT2D eigenvalue weighted by Crippen LogP contribution is -2.47. The molecule has 0 saturated carbocycles. The van der Waals surface area contributed by atoms with Crippen LogP contribution in [0.15, 0.2) is 46.9 Å². The Morgan fingerprint density at radius 1 is 1.03 bits per heavy atom. The first-order valence-electron chi connectivity index (χ1n) is 11.3. The molecule has 2 aromatic rings. The first-order chi connectivity index (χ1) is 14.6. The van der Waals surface area contributed by atoms with Gasteiger partial charge < -0.3 is 14.2 Å². The standard InChI is InChI=1S/C26H38N2O3/c1-7-20(2)28(24(29)17-26(4,5)6)19-25(30)27(18-23-14-13-21(3)31-23)16-15-22-11-9-8-10-12-22/h8-14,20H,7,15-19H2,1-6H3/t20-/m1/s1. The number of furan rings is 1. The molecule has 1 heterocycles. The average Bonchev–Trinajstić information content (AvgIpc) is 3.12. The van der Waals surface area contributed by atoms with E-state index in [1.165, 1.54) is 5.56 Å². The maximum Gasteiger partial charge on any atom is 0.242 e. The second-order valence-electron chi connectivity index (χ2n) is 9.58. The third-order valence-corrected chi connectivity index (χ3v) is 5.44. The minimum absolute atomic E-state index is 0.0145. The minimum Gasteiger partial charge on any atom is -0.464 e. The van der Waals surface area contributed by atoms with Gasteiger partial charge in [0, 0.05) is 19.0 Å². The predicted molar refractivity (Wildman–Crippen MR) is 125 cm³/mol. The molecule has 1 aromatic carbocycles. The molecule has 0 radical (unpaired) electrons. The molecule has 170 valence electrons. The van der Waals surface area contributed by atoms with Crippen molar-refractivity contribution >= 4 is 11.8 Å². The van der Waals surface area contributed by atoms with Crippen LogP contribution in [0.3, 0.4) is 0 Å². The second kappa shape index (κ2) is 11.2. The van der Waals surface area contributed by atoms with Gasteiger partial charge in [-0.2, -0.15) is 0 Å². The third kappa shape index (κ3) is 8.23. The van der Waals surface area contributed by atoms with Crippen molar-refractivity contribution in [2.45, 2.75) is 73.4 Å². The van der Waals surface area contributed by atoms with Crippen molar-refractivity contribution in [3.63, 3.8) is 0 Å². The van der Waals surface area contributed by atoms with Crippen molar-refractivity contribution in [1.29, 1.82) is 0 Å². The normalized spacial score (nSPS) is 12.5. The van der Waals surface area contributed by atoms with E-state index >= 15 is 0 Å². The van der Waals surface area contributed by atoms with E-state index in [9.17, 15) is 9.59 Å². The Kier molecular flexibility index (Phi) is 8.90. The fourth-order valence-electron chi connectivity index (χ4n) is 3.47. The van der Waals surface area contributed by atoms with E-state index in [1.54, 1.807) is 4.90 Å². The molecule has 1 atom stereocenters. The topological polar surface area (TPSA) is 53.8 Å². The van der Waals surface area contributed by atoms with E-state index in [0.29, 0.717) is 19.5 Å². The van der Waals surface area contributed by atoms with Gasteiger partial charge in [0.15, 0.2) is 0 Å². The van der Waals surface area contributed by atoms with Gasteiger partial charge >= 0.3 is 0 Å². The van der Waals surface area contributed by atoms with Gasteiger partial charge in [0.05, 0.1) is 6.54 Å². The van der Waals surface area contributed by atoms with Crippen LogP contribution in [0.25, 0.3) is 0 Å². The zero-order chi connectivity index (χ0) is 23.0. The molecule has 0 bridgehead atoms. The molecule has 0 fully saturated rings.